The molecular weight excluding hydrogens is 569 g/mol. The molecule has 3 N–H and O–H groups in total. The monoisotopic (exact) mass is 601 g/mol. The Balaban J connectivity index is 0.00000129. The first kappa shape index (κ1) is 29.7. The van der Waals surface area contributed by atoms with E-state index in [0.717, 1.165) is 0 Å². The Morgan fingerprint density at radius 1 is 1.26 bits per heavy atom. The Hall–Kier alpha value is -0.550. The van der Waals surface area contributed by atoms with Crippen molar-refractivity contribution in [1.29, 1.82) is 0 Å². The Bertz CT molecular complexity index is 1030. The highest BCUT2D eigenvalue weighted by molar-refractivity contribution is 9.10. The number of aliphatic hydroxyl groups is 2. The summed E-state index contributed by atoms with van der Waals surface area (Å²) in [6, 6.07) is 3.27. The molecule has 3 atom stereocenters. The molecule has 194 valence electrons. The lowest BCUT2D eigenvalue weighted by molar-refractivity contribution is -0.0783. The van der Waals surface area contributed by atoms with Gasteiger partial charge in [-0.15, -0.1) is 23.2 Å². The predicted octanol–water partition coefficient (Wildman–Crippen LogP) is 4.87. The number of nitrogens with one attached hydrogen (secondary N) is 1. The van der Waals surface area contributed by atoms with E-state index >= 15 is 0 Å². The van der Waals surface area contributed by atoms with Crippen molar-refractivity contribution in [2.75, 3.05) is 19.1 Å². The Labute approximate surface area is 221 Å². The molecule has 0 saturated heterocycles. The third kappa shape index (κ3) is 6.41. The maximum atomic E-state index is 13.5. The predicted molar refractivity (Wildman–Crippen MR) is 138 cm³/mol. The summed E-state index contributed by atoms with van der Waals surface area (Å²) < 4.78 is 41.8. The fraction of sp³-hybridized carbons (Fsp3) is 0.652. The molecule has 0 saturated carbocycles. The molecule has 7 nitrogen and oxygen atoms in total. The van der Waals surface area contributed by atoms with Gasteiger partial charge in [-0.2, -0.15) is 0 Å². The molecule has 1 aromatic carbocycles. The number of ether oxygens (including phenoxy) is 2. The van der Waals surface area contributed by atoms with Crippen LogP contribution in [0.4, 0.5) is 0 Å². The van der Waals surface area contributed by atoms with Crippen LogP contribution >= 0.6 is 39.1 Å². The minimum Gasteiger partial charge on any atom is -0.501 e. The van der Waals surface area contributed by atoms with E-state index in [1.807, 2.05) is 13.8 Å². The van der Waals surface area contributed by atoms with Crippen molar-refractivity contribution >= 4 is 49.2 Å². The average molecular weight is 603 g/mol. The van der Waals surface area contributed by atoms with Gasteiger partial charge in [0.1, 0.15) is 16.7 Å². The van der Waals surface area contributed by atoms with Gasteiger partial charge >= 0.3 is 0 Å². The zero-order valence-corrected chi connectivity index (χ0v) is 24.2. The summed E-state index contributed by atoms with van der Waals surface area (Å²) in [6.07, 6.45) is 1.35. The van der Waals surface area contributed by atoms with Crippen molar-refractivity contribution in [2.45, 2.75) is 75.5 Å². The van der Waals surface area contributed by atoms with Crippen LogP contribution in [0.1, 0.15) is 58.9 Å². The number of rotatable bonds is 6. The first-order valence-corrected chi connectivity index (χ1v) is 14.1. The van der Waals surface area contributed by atoms with Gasteiger partial charge in [0, 0.05) is 27.9 Å². The van der Waals surface area contributed by atoms with E-state index in [9.17, 15) is 18.6 Å². The summed E-state index contributed by atoms with van der Waals surface area (Å²) in [6.45, 7) is 9.40. The second-order valence-electron chi connectivity index (χ2n) is 10.4. The summed E-state index contributed by atoms with van der Waals surface area (Å²) in [5, 5.41) is 21.2. The van der Waals surface area contributed by atoms with Gasteiger partial charge in [-0.05, 0) is 43.9 Å². The first-order valence-electron chi connectivity index (χ1n) is 10.8. The van der Waals surface area contributed by atoms with Crippen molar-refractivity contribution in [3.8, 4) is 5.75 Å². The third-order valence-electron chi connectivity index (χ3n) is 5.74. The van der Waals surface area contributed by atoms with Gasteiger partial charge in [-0.1, -0.05) is 36.7 Å². The second kappa shape index (κ2) is 10.8. The molecule has 0 unspecified atom stereocenters. The van der Waals surface area contributed by atoms with Gasteiger partial charge in [0.2, 0.25) is 10.0 Å². The molecule has 0 radical (unpaired) electrons. The smallest absolute Gasteiger partial charge is 0.244 e. The molecular formula is C23H34BrCl2NO6S. The Morgan fingerprint density at radius 2 is 1.85 bits per heavy atom. The molecule has 11 heteroatoms. The van der Waals surface area contributed by atoms with Crippen LogP contribution in [0.25, 0.3) is 0 Å². The van der Waals surface area contributed by atoms with Gasteiger partial charge in [0.25, 0.3) is 0 Å². The first-order chi connectivity index (χ1) is 15.6. The maximum Gasteiger partial charge on any atom is 0.244 e. The molecule has 1 aliphatic carbocycles. The van der Waals surface area contributed by atoms with Crippen LogP contribution in [0.5, 0.6) is 5.75 Å². The highest BCUT2D eigenvalue weighted by Crippen LogP contribution is 2.54. The fourth-order valence-corrected chi connectivity index (χ4v) is 7.21. The van der Waals surface area contributed by atoms with Crippen molar-refractivity contribution in [3.63, 3.8) is 0 Å². The van der Waals surface area contributed by atoms with Gasteiger partial charge < -0.3 is 19.7 Å². The fourth-order valence-electron chi connectivity index (χ4n) is 4.98. The van der Waals surface area contributed by atoms with Crippen LogP contribution < -0.4 is 9.46 Å². The molecule has 1 aromatic rings. The molecule has 0 spiro atoms. The van der Waals surface area contributed by atoms with Gasteiger partial charge in [-0.25, -0.2) is 13.1 Å². The van der Waals surface area contributed by atoms with Crippen molar-refractivity contribution in [2.24, 2.45) is 5.41 Å². The number of hydrogen-bond donors (Lipinski definition) is 3. The van der Waals surface area contributed by atoms with Crippen LogP contribution in [0.15, 0.2) is 33.3 Å². The summed E-state index contributed by atoms with van der Waals surface area (Å²) >= 11 is 12.9. The van der Waals surface area contributed by atoms with Crippen molar-refractivity contribution in [1.82, 2.24) is 4.72 Å². The standard InChI is InChI=1S/C22H32BrNO6S.CH2Cl2/c1-20(2,3)11-21(4,5)24-31(27,28)17-8-13(23)7-15-16-9-14(29-6)10-18(26)22(16,12-25)30-19(15)17;2-1-3/h7-8,10,16,18,24-26H,9,11-12H2,1-6H3;1H2/t16-,18-,22+;/m0./s1. The summed E-state index contributed by atoms with van der Waals surface area (Å²) in [4.78, 5) is -0.0211. The van der Waals surface area contributed by atoms with Crippen LogP contribution in [0.2, 0.25) is 0 Å². The number of fused-ring (bicyclic) bond motifs is 3. The minimum atomic E-state index is -3.97. The largest absolute Gasteiger partial charge is 0.501 e. The van der Waals surface area contributed by atoms with Gasteiger partial charge in [-0.3, -0.25) is 0 Å². The number of hydrogen-bond acceptors (Lipinski definition) is 6. The van der Waals surface area contributed by atoms with Crippen molar-refractivity contribution in [3.05, 3.63) is 34.0 Å². The van der Waals surface area contributed by atoms with Crippen LogP contribution in [0, 0.1) is 5.41 Å². The lowest BCUT2D eigenvalue weighted by atomic mass is 9.74. The third-order valence-corrected chi connectivity index (χ3v) is 7.90. The molecule has 1 heterocycles. The lowest BCUT2D eigenvalue weighted by Gasteiger charge is -2.39. The zero-order valence-electron chi connectivity index (χ0n) is 20.3. The topological polar surface area (TPSA) is 105 Å². The molecule has 1 aliphatic heterocycles. The van der Waals surface area contributed by atoms with E-state index in [4.69, 9.17) is 32.7 Å². The molecule has 2 aliphatic rings. The number of halogens is 3. The van der Waals surface area contributed by atoms with Gasteiger partial charge in [0.05, 0.1) is 24.8 Å². The molecule has 0 fully saturated rings. The highest BCUT2D eigenvalue weighted by Gasteiger charge is 2.56. The molecule has 0 aromatic heterocycles. The van der Waals surface area contributed by atoms with E-state index in [2.05, 4.69) is 41.4 Å². The van der Waals surface area contributed by atoms with E-state index < -0.39 is 39.8 Å². The van der Waals surface area contributed by atoms with E-state index in [1.165, 1.54) is 19.3 Å². The van der Waals surface area contributed by atoms with E-state index in [-0.39, 0.29) is 21.4 Å². The number of methoxy groups -OCH3 is 1. The quantitative estimate of drug-likeness (QED) is 0.401. The van der Waals surface area contributed by atoms with Crippen LogP contribution in [0.3, 0.4) is 0 Å². The SMILES string of the molecule is COC1=C[C@H](O)[C@]2(CO)Oc3c(cc(Br)cc3S(=O)(=O)NC(C)(C)CC(C)(C)C)[C@@H]2C1.ClCCl. The molecule has 3 rings (SSSR count). The number of allylic oxidation sites excluding steroid dienone is 1. The number of alkyl halides is 2. The normalized spacial score (nSPS) is 24.3. The number of aliphatic hydroxyl groups excluding tert-OH is 2. The lowest BCUT2D eigenvalue weighted by Crippen LogP contribution is -2.53. The molecule has 0 bridgehead atoms. The Kier molecular flexibility index (Phi) is 9.45. The maximum absolute atomic E-state index is 13.5. The number of benzene rings is 1. The van der Waals surface area contributed by atoms with Crippen LogP contribution in [-0.4, -0.2) is 54.9 Å². The molecule has 34 heavy (non-hydrogen) atoms. The Morgan fingerprint density at radius 3 is 2.35 bits per heavy atom. The average Bonchev–Trinajstić information content (AvgIpc) is 3.00. The van der Waals surface area contributed by atoms with E-state index in [1.54, 1.807) is 6.07 Å². The summed E-state index contributed by atoms with van der Waals surface area (Å²) in [5.74, 6) is 0.259. The molecule has 0 amide bonds. The highest BCUT2D eigenvalue weighted by atomic mass is 79.9. The zero-order chi connectivity index (χ0) is 26.1. The van der Waals surface area contributed by atoms with Crippen molar-refractivity contribution < 1.29 is 28.1 Å². The number of sulfonamides is 1. The van der Waals surface area contributed by atoms with Crippen LogP contribution in [-0.2, 0) is 14.8 Å². The van der Waals surface area contributed by atoms with Gasteiger partial charge in [0.15, 0.2) is 5.60 Å². The summed E-state index contributed by atoms with van der Waals surface area (Å²) in [7, 11) is -2.46. The van der Waals surface area contributed by atoms with E-state index in [0.29, 0.717) is 28.6 Å². The minimum absolute atomic E-state index is 0.0211. The summed E-state index contributed by atoms with van der Waals surface area (Å²) in [5.41, 5.74) is -1.53. The second-order valence-corrected chi connectivity index (χ2v) is 13.8.